The summed E-state index contributed by atoms with van der Waals surface area (Å²) in [6.07, 6.45) is 1.45. The molecule has 2 aromatic carbocycles. The van der Waals surface area contributed by atoms with E-state index in [-0.39, 0.29) is 28.9 Å². The number of benzene rings is 2. The van der Waals surface area contributed by atoms with E-state index >= 15 is 0 Å². The predicted octanol–water partition coefficient (Wildman–Crippen LogP) is 6.68. The van der Waals surface area contributed by atoms with Crippen LogP contribution in [0.5, 0.6) is 0 Å². The summed E-state index contributed by atoms with van der Waals surface area (Å²) in [5.41, 5.74) is 0.391. The summed E-state index contributed by atoms with van der Waals surface area (Å²) in [5.74, 6) is -2.14. The van der Waals surface area contributed by atoms with Gasteiger partial charge in [0.05, 0.1) is 17.9 Å². The van der Waals surface area contributed by atoms with Crippen molar-refractivity contribution in [3.05, 3.63) is 88.9 Å². The second-order valence-corrected chi connectivity index (χ2v) is 13.1. The molecular weight excluding hydrogens is 578 g/mol. The summed E-state index contributed by atoms with van der Waals surface area (Å²) in [4.78, 5) is 17.4. The highest BCUT2D eigenvalue weighted by atomic mass is 32.2. The molecule has 12 heteroatoms. The van der Waals surface area contributed by atoms with E-state index in [4.69, 9.17) is 0 Å². The van der Waals surface area contributed by atoms with Crippen molar-refractivity contribution in [3.8, 4) is 0 Å². The van der Waals surface area contributed by atoms with Gasteiger partial charge in [0, 0.05) is 17.4 Å². The van der Waals surface area contributed by atoms with E-state index in [0.717, 1.165) is 56.1 Å². The van der Waals surface area contributed by atoms with Gasteiger partial charge in [-0.3, -0.25) is 9.52 Å². The Bertz CT molecular complexity index is 1460. The van der Waals surface area contributed by atoms with E-state index in [1.807, 2.05) is 30.3 Å². The summed E-state index contributed by atoms with van der Waals surface area (Å²) >= 11 is 1.32. The number of anilines is 1. The number of hydrogen-bond donors (Lipinski definition) is 2. The number of carbonyl (C=O) groups is 1. The molecule has 0 bridgehead atoms. The van der Waals surface area contributed by atoms with Gasteiger partial charge in [0.15, 0.2) is 0 Å². The van der Waals surface area contributed by atoms with Crippen molar-refractivity contribution in [1.82, 2.24) is 10.3 Å². The molecule has 0 spiro atoms. The quantitative estimate of drug-likeness (QED) is 0.251. The summed E-state index contributed by atoms with van der Waals surface area (Å²) in [6.45, 7) is -0.0550. The first-order valence-corrected chi connectivity index (χ1v) is 16.0. The molecule has 1 saturated carbocycles. The Balaban J connectivity index is 1.58. The second kappa shape index (κ2) is 13.2. The molecule has 0 aliphatic heterocycles. The lowest BCUT2D eigenvalue weighted by atomic mass is 9.90. The van der Waals surface area contributed by atoms with Crippen molar-refractivity contribution in [2.75, 3.05) is 11.0 Å². The lowest BCUT2D eigenvalue weighted by molar-refractivity contribution is -0.141. The number of thioether (sulfide) groups is 1. The predicted molar refractivity (Wildman–Crippen MR) is 152 cm³/mol. The number of nitrogens with one attached hydrogen (secondary N) is 2. The number of nitrogens with zero attached hydrogens (tertiary/aromatic N) is 1. The minimum Gasteiger partial charge on any atom is -0.351 e. The van der Waals surface area contributed by atoms with Crippen LogP contribution >= 0.6 is 11.8 Å². The highest BCUT2D eigenvalue weighted by Crippen LogP contribution is 2.37. The molecule has 1 heterocycles. The van der Waals surface area contributed by atoms with Crippen molar-refractivity contribution in [1.29, 1.82) is 0 Å². The summed E-state index contributed by atoms with van der Waals surface area (Å²) in [6, 6.07) is 15.2. The molecule has 1 fully saturated rings. The van der Waals surface area contributed by atoms with E-state index in [1.165, 1.54) is 30.0 Å². The zero-order chi connectivity index (χ0) is 29.6. The van der Waals surface area contributed by atoms with Crippen molar-refractivity contribution < 1.29 is 30.8 Å². The van der Waals surface area contributed by atoms with Crippen molar-refractivity contribution >= 4 is 33.4 Å². The first-order valence-electron chi connectivity index (χ1n) is 13.2. The molecule has 3 aromatic rings. The highest BCUT2D eigenvalue weighted by Gasteiger charge is 2.33. The third kappa shape index (κ3) is 8.93. The normalized spacial score (nSPS) is 15.3. The van der Waals surface area contributed by atoms with Crippen molar-refractivity contribution in [2.45, 2.75) is 67.4 Å². The monoisotopic (exact) mass is 609 g/mol. The Kier molecular flexibility index (Phi) is 9.96. The smallest absolute Gasteiger partial charge is 0.351 e. The molecule has 6 nitrogen and oxygen atoms in total. The van der Waals surface area contributed by atoms with Crippen LogP contribution in [0, 0.1) is 5.82 Å². The Morgan fingerprint density at radius 1 is 1.05 bits per heavy atom. The maximum absolute atomic E-state index is 14.8. The molecule has 4 rings (SSSR count). The lowest BCUT2D eigenvalue weighted by Crippen LogP contribution is -2.30. The molecule has 41 heavy (non-hydrogen) atoms. The molecular formula is C29H31F4N3O3S2. The van der Waals surface area contributed by atoms with Gasteiger partial charge in [-0.2, -0.15) is 13.2 Å². The fourth-order valence-corrected chi connectivity index (χ4v) is 6.64. The SMILES string of the molecule is CS(=O)(=O)Nc1ccc(C(Cc2ccccc2)C(=O)NCc2ccc(C(F)(F)F)nc2SC2CCCCC2)cc1F. The van der Waals surface area contributed by atoms with Crippen molar-refractivity contribution in [2.24, 2.45) is 0 Å². The topological polar surface area (TPSA) is 88.2 Å². The average Bonchev–Trinajstić information content (AvgIpc) is 2.92. The van der Waals surface area contributed by atoms with Crippen LogP contribution in [0.15, 0.2) is 65.7 Å². The number of amides is 1. The fourth-order valence-electron chi connectivity index (χ4n) is 4.75. The fraction of sp³-hybridized carbons (Fsp3) is 0.379. The zero-order valence-electron chi connectivity index (χ0n) is 22.4. The van der Waals surface area contributed by atoms with Gasteiger partial charge in [-0.05, 0) is 48.6 Å². The van der Waals surface area contributed by atoms with Gasteiger partial charge in [-0.25, -0.2) is 17.8 Å². The highest BCUT2D eigenvalue weighted by molar-refractivity contribution is 7.99. The molecule has 1 aliphatic rings. The number of rotatable bonds is 10. The molecule has 1 amide bonds. The van der Waals surface area contributed by atoms with E-state index in [2.05, 4.69) is 15.0 Å². The third-order valence-corrected chi connectivity index (χ3v) is 8.78. The van der Waals surface area contributed by atoms with Crippen LogP contribution in [-0.2, 0) is 34.0 Å². The minimum atomic E-state index is -4.59. The maximum Gasteiger partial charge on any atom is 0.433 e. The zero-order valence-corrected chi connectivity index (χ0v) is 24.0. The van der Waals surface area contributed by atoms with Gasteiger partial charge in [-0.15, -0.1) is 11.8 Å². The number of hydrogen-bond acceptors (Lipinski definition) is 5. The van der Waals surface area contributed by atoms with Crippen LogP contribution in [0.1, 0.15) is 60.4 Å². The first-order chi connectivity index (χ1) is 19.4. The number of alkyl halides is 3. The summed E-state index contributed by atoms with van der Waals surface area (Å²) in [5, 5.41) is 3.22. The lowest BCUT2D eigenvalue weighted by Gasteiger charge is -2.23. The van der Waals surface area contributed by atoms with Gasteiger partial charge >= 0.3 is 6.18 Å². The molecule has 220 valence electrons. The van der Waals surface area contributed by atoms with E-state index in [1.54, 1.807) is 0 Å². The van der Waals surface area contributed by atoms with Crippen LogP contribution in [0.4, 0.5) is 23.2 Å². The molecule has 1 aliphatic carbocycles. The van der Waals surface area contributed by atoms with Gasteiger partial charge < -0.3 is 5.32 Å². The minimum absolute atomic E-state index is 0.0550. The molecule has 1 aromatic heterocycles. The molecule has 1 atom stereocenters. The van der Waals surface area contributed by atoms with Crippen LogP contribution in [0.2, 0.25) is 0 Å². The Morgan fingerprint density at radius 3 is 2.39 bits per heavy atom. The van der Waals surface area contributed by atoms with Crippen molar-refractivity contribution in [3.63, 3.8) is 0 Å². The van der Waals surface area contributed by atoms with Gasteiger partial charge in [0.2, 0.25) is 15.9 Å². The van der Waals surface area contributed by atoms with Crippen LogP contribution in [0.3, 0.4) is 0 Å². The van der Waals surface area contributed by atoms with Crippen LogP contribution in [-0.4, -0.2) is 30.8 Å². The molecule has 1 unspecified atom stereocenters. The van der Waals surface area contributed by atoms with Gasteiger partial charge in [0.1, 0.15) is 16.5 Å². The molecule has 0 saturated heterocycles. The third-order valence-electron chi connectivity index (χ3n) is 6.80. The van der Waals surface area contributed by atoms with E-state index < -0.39 is 39.5 Å². The number of halogens is 4. The second-order valence-electron chi connectivity index (χ2n) is 10.1. The summed E-state index contributed by atoms with van der Waals surface area (Å²) < 4.78 is 80.4. The van der Waals surface area contributed by atoms with E-state index in [0.29, 0.717) is 11.1 Å². The Hall–Kier alpha value is -3.12. The standard InChI is InChI=1S/C29H31F4N3O3S2/c1-41(38,39)36-25-14-12-20(17-24(25)30)23(16-19-8-4-2-5-9-19)27(37)34-18-21-13-15-26(29(31,32)33)35-28(21)40-22-10-6-3-7-11-22/h2,4-5,8-9,12-15,17,22-23,36H,3,6-7,10-11,16,18H2,1H3,(H,34,37). The van der Waals surface area contributed by atoms with Crippen LogP contribution < -0.4 is 10.0 Å². The van der Waals surface area contributed by atoms with E-state index in [9.17, 15) is 30.8 Å². The largest absolute Gasteiger partial charge is 0.433 e. The summed E-state index contributed by atoms with van der Waals surface area (Å²) in [7, 11) is -3.71. The number of carbonyl (C=O) groups excluding carboxylic acids is 1. The number of pyridine rings is 1. The number of sulfonamides is 1. The van der Waals surface area contributed by atoms with Gasteiger partial charge in [-0.1, -0.05) is 61.7 Å². The number of aromatic nitrogens is 1. The molecule has 2 N–H and O–H groups in total. The van der Waals surface area contributed by atoms with Gasteiger partial charge in [0.25, 0.3) is 0 Å². The Labute approximate surface area is 241 Å². The average molecular weight is 610 g/mol. The Morgan fingerprint density at radius 2 is 1.76 bits per heavy atom. The first kappa shape index (κ1) is 30.8. The van der Waals surface area contributed by atoms with Crippen LogP contribution in [0.25, 0.3) is 0 Å². The molecule has 0 radical (unpaired) electrons. The maximum atomic E-state index is 14.8.